The number of amidine groups is 1. The predicted molar refractivity (Wildman–Crippen MR) is 97.2 cm³/mol. The highest BCUT2D eigenvalue weighted by Gasteiger charge is 2.45. The summed E-state index contributed by atoms with van der Waals surface area (Å²) in [5, 5.41) is 0. The molecule has 4 N–H and O–H groups in total. The first kappa shape index (κ1) is 16.3. The highest BCUT2D eigenvalue weighted by Crippen LogP contribution is 2.35. The van der Waals surface area contributed by atoms with Gasteiger partial charge in [0, 0.05) is 20.1 Å². The van der Waals surface area contributed by atoms with E-state index in [0.717, 1.165) is 8.95 Å². The summed E-state index contributed by atoms with van der Waals surface area (Å²) in [5.41, 5.74) is 10.7. The third kappa shape index (κ3) is 2.96. The average molecular weight is 440 g/mol. The number of halogens is 3. The van der Waals surface area contributed by atoms with Crippen LogP contribution in [0.1, 0.15) is 11.1 Å². The maximum Gasteiger partial charge on any atom is 0.234 e. The molecule has 0 radical (unpaired) electrons. The molecule has 4 nitrogen and oxygen atoms in total. The van der Waals surface area contributed by atoms with Crippen LogP contribution in [-0.2, 0) is 5.67 Å². The minimum atomic E-state index is -2.14. The summed E-state index contributed by atoms with van der Waals surface area (Å²) in [7, 11) is 0. The van der Waals surface area contributed by atoms with Crippen molar-refractivity contribution in [3.8, 4) is 0 Å². The Morgan fingerprint density at radius 3 is 2.30 bits per heavy atom. The molecule has 0 saturated carbocycles. The van der Waals surface area contributed by atoms with E-state index in [1.54, 1.807) is 36.4 Å². The molecule has 3 rings (SSSR count). The first-order valence-corrected chi connectivity index (χ1v) is 8.38. The summed E-state index contributed by atoms with van der Waals surface area (Å²) < 4.78 is 17.6. The van der Waals surface area contributed by atoms with E-state index in [2.05, 4.69) is 41.8 Å². The first-order chi connectivity index (χ1) is 10.9. The Balaban J connectivity index is 2.22. The molecule has 7 heteroatoms. The predicted octanol–water partition coefficient (Wildman–Crippen LogP) is 3.48. The molecule has 0 spiro atoms. The Labute approximate surface area is 149 Å². The van der Waals surface area contributed by atoms with Gasteiger partial charge in [0.25, 0.3) is 0 Å². The smallest absolute Gasteiger partial charge is 0.234 e. The van der Waals surface area contributed by atoms with E-state index in [1.807, 2.05) is 12.1 Å². The van der Waals surface area contributed by atoms with Gasteiger partial charge in [-0.05, 0) is 24.3 Å². The van der Waals surface area contributed by atoms with Crippen molar-refractivity contribution < 1.29 is 4.39 Å². The molecule has 23 heavy (non-hydrogen) atoms. The van der Waals surface area contributed by atoms with Crippen molar-refractivity contribution in [1.82, 2.24) is 0 Å². The normalized spacial score (nSPS) is 24.1. The molecule has 1 aliphatic heterocycles. The molecular weight excluding hydrogens is 427 g/mol. The maximum absolute atomic E-state index is 16.1. The second-order valence-corrected chi connectivity index (χ2v) is 6.92. The minimum Gasteiger partial charge on any atom is -0.384 e. The molecule has 0 aromatic heterocycles. The Morgan fingerprint density at radius 2 is 1.65 bits per heavy atom. The number of rotatable bonds is 2. The lowest BCUT2D eigenvalue weighted by atomic mass is 9.85. The zero-order valence-corrected chi connectivity index (χ0v) is 15.1. The average Bonchev–Trinajstić information content (AvgIpc) is 2.51. The minimum absolute atomic E-state index is 0.150. The van der Waals surface area contributed by atoms with Crippen LogP contribution in [0.15, 0.2) is 67.5 Å². The lowest BCUT2D eigenvalue weighted by Gasteiger charge is -2.31. The van der Waals surface area contributed by atoms with E-state index < -0.39 is 12.0 Å². The third-order valence-corrected chi connectivity index (χ3v) is 4.52. The molecule has 2 unspecified atom stereocenters. The van der Waals surface area contributed by atoms with Crippen LogP contribution in [0, 0.1) is 0 Å². The van der Waals surface area contributed by atoms with E-state index >= 15 is 4.39 Å². The molecule has 2 atom stereocenters. The molecule has 2 aromatic carbocycles. The van der Waals surface area contributed by atoms with Gasteiger partial charge in [-0.2, -0.15) is 0 Å². The summed E-state index contributed by atoms with van der Waals surface area (Å²) >= 11 is 6.74. The van der Waals surface area contributed by atoms with Crippen LogP contribution < -0.4 is 11.5 Å². The summed E-state index contributed by atoms with van der Waals surface area (Å²) in [4.78, 5) is 8.14. The lowest BCUT2D eigenvalue weighted by molar-refractivity contribution is 0.348. The Bertz CT molecular complexity index is 821. The number of hydrogen-bond acceptors (Lipinski definition) is 4. The van der Waals surface area contributed by atoms with Crippen molar-refractivity contribution in [1.29, 1.82) is 0 Å². The molecular formula is C16H13Br2FN4. The van der Waals surface area contributed by atoms with Crippen LogP contribution in [0.4, 0.5) is 4.39 Å². The Morgan fingerprint density at radius 1 is 1.00 bits per heavy atom. The van der Waals surface area contributed by atoms with Crippen molar-refractivity contribution in [2.75, 3.05) is 0 Å². The van der Waals surface area contributed by atoms with Crippen LogP contribution in [0.25, 0.3) is 0 Å². The summed E-state index contributed by atoms with van der Waals surface area (Å²) in [5.74, 6) is -0.201. The van der Waals surface area contributed by atoms with E-state index in [9.17, 15) is 0 Å². The number of hydrogen-bond donors (Lipinski definition) is 2. The zero-order chi connectivity index (χ0) is 16.6. The number of aliphatic imine (C=N–C) groups is 2. The van der Waals surface area contributed by atoms with Gasteiger partial charge in [0.15, 0.2) is 6.29 Å². The van der Waals surface area contributed by atoms with Crippen molar-refractivity contribution in [2.45, 2.75) is 12.0 Å². The maximum atomic E-state index is 16.1. The van der Waals surface area contributed by atoms with Gasteiger partial charge in [-0.3, -0.25) is 5.73 Å². The lowest BCUT2D eigenvalue weighted by Crippen LogP contribution is -2.49. The van der Waals surface area contributed by atoms with E-state index in [-0.39, 0.29) is 11.5 Å². The second-order valence-electron chi connectivity index (χ2n) is 5.08. The second kappa shape index (κ2) is 6.14. The molecule has 0 aliphatic carbocycles. The van der Waals surface area contributed by atoms with Crippen LogP contribution in [0.5, 0.6) is 0 Å². The fourth-order valence-corrected chi connectivity index (χ4v) is 3.30. The van der Waals surface area contributed by atoms with Gasteiger partial charge in [-0.25, -0.2) is 14.4 Å². The van der Waals surface area contributed by atoms with E-state index in [0.29, 0.717) is 11.1 Å². The Kier molecular flexibility index (Phi) is 4.35. The molecule has 1 aliphatic rings. The monoisotopic (exact) mass is 438 g/mol. The third-order valence-electron chi connectivity index (χ3n) is 3.53. The van der Waals surface area contributed by atoms with Crippen molar-refractivity contribution in [3.05, 3.63) is 68.6 Å². The van der Waals surface area contributed by atoms with Gasteiger partial charge in [0.05, 0.1) is 5.71 Å². The molecule has 0 bridgehead atoms. The van der Waals surface area contributed by atoms with Gasteiger partial charge in [-0.1, -0.05) is 56.1 Å². The van der Waals surface area contributed by atoms with E-state index in [4.69, 9.17) is 11.5 Å². The number of benzene rings is 2. The molecule has 118 valence electrons. The number of nitrogens with zero attached hydrogens (tertiary/aromatic N) is 2. The van der Waals surface area contributed by atoms with Gasteiger partial charge < -0.3 is 5.73 Å². The topological polar surface area (TPSA) is 76.8 Å². The van der Waals surface area contributed by atoms with Crippen LogP contribution >= 0.6 is 31.9 Å². The van der Waals surface area contributed by atoms with Gasteiger partial charge in [0.1, 0.15) is 5.84 Å². The number of alkyl halides is 1. The van der Waals surface area contributed by atoms with Crippen LogP contribution in [0.3, 0.4) is 0 Å². The molecule has 2 aromatic rings. The fourth-order valence-electron chi connectivity index (χ4n) is 2.50. The molecule has 1 heterocycles. The standard InChI is InChI=1S/C16H13Br2FN4/c17-11-5-1-3-9(7-11)13-16(19,14(20)23-15(21)22-13)10-4-2-6-12(18)8-10/h1-8,15H,21H2,(H2,20,23). The van der Waals surface area contributed by atoms with Gasteiger partial charge in [0.2, 0.25) is 5.67 Å². The fraction of sp³-hybridized carbons (Fsp3) is 0.125. The highest BCUT2D eigenvalue weighted by molar-refractivity contribution is 9.10. The first-order valence-electron chi connectivity index (χ1n) is 6.80. The number of nitrogens with two attached hydrogens (primary N) is 2. The van der Waals surface area contributed by atoms with Gasteiger partial charge >= 0.3 is 0 Å². The van der Waals surface area contributed by atoms with Crippen molar-refractivity contribution >= 4 is 43.4 Å². The summed E-state index contributed by atoms with van der Waals surface area (Å²) in [6.45, 7) is 0. The van der Waals surface area contributed by atoms with Crippen molar-refractivity contribution in [2.24, 2.45) is 21.5 Å². The molecule has 0 fully saturated rings. The van der Waals surface area contributed by atoms with Crippen LogP contribution in [-0.4, -0.2) is 17.8 Å². The molecule has 0 saturated heterocycles. The largest absolute Gasteiger partial charge is 0.384 e. The quantitative estimate of drug-likeness (QED) is 0.751. The van der Waals surface area contributed by atoms with Crippen molar-refractivity contribution in [3.63, 3.8) is 0 Å². The summed E-state index contributed by atoms with van der Waals surface area (Å²) in [6, 6.07) is 14.0. The highest BCUT2D eigenvalue weighted by atomic mass is 79.9. The van der Waals surface area contributed by atoms with E-state index in [1.165, 1.54) is 0 Å². The van der Waals surface area contributed by atoms with Crippen LogP contribution in [0.2, 0.25) is 0 Å². The molecule has 0 amide bonds. The summed E-state index contributed by atoms with van der Waals surface area (Å²) in [6.07, 6.45) is -0.917. The SMILES string of the molecule is NC1=NC(N)N=C(c2cccc(Br)c2)C1(F)c1cccc(Br)c1. The zero-order valence-electron chi connectivity index (χ0n) is 11.9. The van der Waals surface area contributed by atoms with Gasteiger partial charge in [-0.15, -0.1) is 0 Å². The Hall–Kier alpha value is -1.57.